The molecule has 0 radical (unpaired) electrons. The highest BCUT2D eigenvalue weighted by molar-refractivity contribution is 9.11. The van der Waals surface area contributed by atoms with Gasteiger partial charge in [0, 0.05) is 0 Å². The fraction of sp³-hybridized carbons (Fsp3) is 0.789. The number of hydrogen-bond donors (Lipinski definition) is 2. The smallest absolute Gasteiger partial charge is 0.325 e. The Morgan fingerprint density at radius 1 is 1.32 bits per heavy atom. The van der Waals surface area contributed by atoms with Crippen LogP contribution < -0.4 is 0 Å². The van der Waals surface area contributed by atoms with Gasteiger partial charge in [0.1, 0.15) is 16.5 Å². The summed E-state index contributed by atoms with van der Waals surface area (Å²) in [6.07, 6.45) is -1.39. The summed E-state index contributed by atoms with van der Waals surface area (Å²) in [5, 5.41) is 18.0. The van der Waals surface area contributed by atoms with Crippen molar-refractivity contribution in [3.8, 4) is 0 Å². The van der Waals surface area contributed by atoms with Gasteiger partial charge in [0.25, 0.3) is 5.95 Å². The molecular weight excluding hydrogens is 560 g/mol. The van der Waals surface area contributed by atoms with Crippen LogP contribution in [0.2, 0.25) is 19.6 Å². The topological polar surface area (TPSA) is 121 Å². The molecule has 0 spiro atoms. The van der Waals surface area contributed by atoms with Crippen LogP contribution in [0.4, 0.5) is 0 Å². The third kappa shape index (κ3) is 10.8. The molecule has 2 saturated heterocycles. The number of aliphatic hydroxyl groups is 2. The van der Waals surface area contributed by atoms with E-state index in [1.807, 2.05) is 6.92 Å². The first-order chi connectivity index (χ1) is 14.0. The molecule has 0 saturated carbocycles. The summed E-state index contributed by atoms with van der Waals surface area (Å²) < 4.78 is 25.3. The van der Waals surface area contributed by atoms with Crippen LogP contribution >= 0.6 is 31.9 Å². The van der Waals surface area contributed by atoms with E-state index < -0.39 is 36.6 Å². The van der Waals surface area contributed by atoms with Gasteiger partial charge in [-0.15, -0.1) is 0 Å². The van der Waals surface area contributed by atoms with Gasteiger partial charge in [-0.3, -0.25) is 4.79 Å². The largest absolute Gasteiger partial charge is 0.519 e. The molecule has 182 valence electrons. The maximum absolute atomic E-state index is 10.9. The lowest BCUT2D eigenvalue weighted by Gasteiger charge is -2.20. The Kier molecular flexibility index (Phi) is 12.5. The SMILES string of the molecule is CC1(Br)C(=O)O[C@H](CO)[C@H]1O.CC1(C)OC[C@H](C=O)O1.COC(O[Si](C)(C)C)=C(C)Br. The maximum atomic E-state index is 10.9. The van der Waals surface area contributed by atoms with E-state index in [1.54, 1.807) is 21.0 Å². The minimum Gasteiger partial charge on any atom is -0.519 e. The van der Waals surface area contributed by atoms with Gasteiger partial charge in [0.2, 0.25) is 8.32 Å². The number of alkyl halides is 1. The number of methoxy groups -OCH3 is 1. The molecule has 2 aliphatic rings. The summed E-state index contributed by atoms with van der Waals surface area (Å²) in [6, 6.07) is 0. The Bertz CT molecular complexity index is 628. The molecule has 0 bridgehead atoms. The second-order valence-electron chi connectivity index (χ2n) is 8.39. The average Bonchev–Trinajstić information content (AvgIpc) is 3.10. The molecule has 4 atom stereocenters. The molecule has 0 aromatic rings. The summed E-state index contributed by atoms with van der Waals surface area (Å²) in [7, 11) is 0.0944. The van der Waals surface area contributed by atoms with Gasteiger partial charge in [-0.2, -0.15) is 0 Å². The number of allylic oxidation sites excluding steroid dienone is 1. The van der Waals surface area contributed by atoms with Crippen LogP contribution in [0.3, 0.4) is 0 Å². The number of hydrogen-bond acceptors (Lipinski definition) is 9. The number of cyclic esters (lactones) is 1. The van der Waals surface area contributed by atoms with Crippen LogP contribution in [0.15, 0.2) is 10.4 Å². The van der Waals surface area contributed by atoms with Crippen molar-refractivity contribution in [2.45, 2.75) is 75.8 Å². The van der Waals surface area contributed by atoms with Crippen molar-refractivity contribution in [3.63, 3.8) is 0 Å². The van der Waals surface area contributed by atoms with E-state index in [0.717, 1.165) is 10.8 Å². The number of carbonyl (C=O) groups is 2. The van der Waals surface area contributed by atoms with Crippen molar-refractivity contribution in [2.75, 3.05) is 20.3 Å². The second-order valence-corrected chi connectivity index (χ2v) is 15.7. The molecule has 0 aliphatic carbocycles. The Balaban J connectivity index is 0.000000438. The summed E-state index contributed by atoms with van der Waals surface area (Å²) in [4.78, 5) is 21.0. The Hall–Kier alpha value is -0.503. The van der Waals surface area contributed by atoms with E-state index in [1.165, 1.54) is 6.92 Å². The zero-order valence-corrected chi connectivity index (χ0v) is 23.4. The van der Waals surface area contributed by atoms with Gasteiger partial charge in [0.05, 0.1) is 24.8 Å². The molecule has 2 rings (SSSR count). The van der Waals surface area contributed by atoms with E-state index in [4.69, 9.17) is 23.7 Å². The Morgan fingerprint density at radius 2 is 1.87 bits per heavy atom. The van der Waals surface area contributed by atoms with E-state index in [9.17, 15) is 14.7 Å². The highest BCUT2D eigenvalue weighted by Gasteiger charge is 2.51. The van der Waals surface area contributed by atoms with E-state index in [2.05, 4.69) is 56.2 Å². The van der Waals surface area contributed by atoms with Crippen molar-refractivity contribution in [2.24, 2.45) is 0 Å². The number of ether oxygens (including phenoxy) is 4. The fourth-order valence-electron chi connectivity index (χ4n) is 2.24. The zero-order chi connectivity index (χ0) is 24.6. The quantitative estimate of drug-likeness (QED) is 0.163. The number of aliphatic hydroxyl groups excluding tert-OH is 2. The Morgan fingerprint density at radius 3 is 2.03 bits per heavy atom. The second kappa shape index (κ2) is 12.7. The average molecular weight is 594 g/mol. The zero-order valence-electron chi connectivity index (χ0n) is 19.2. The summed E-state index contributed by atoms with van der Waals surface area (Å²) >= 11 is 6.32. The molecule has 0 aromatic carbocycles. The molecule has 9 nitrogen and oxygen atoms in total. The number of halogens is 2. The summed E-state index contributed by atoms with van der Waals surface area (Å²) in [6.45, 7) is 13.4. The molecule has 0 amide bonds. The van der Waals surface area contributed by atoms with Gasteiger partial charge in [0.15, 0.2) is 18.2 Å². The van der Waals surface area contributed by atoms with Gasteiger partial charge in [-0.25, -0.2) is 0 Å². The van der Waals surface area contributed by atoms with Gasteiger partial charge >= 0.3 is 5.97 Å². The van der Waals surface area contributed by atoms with E-state index in [0.29, 0.717) is 12.6 Å². The molecule has 2 fully saturated rings. The first-order valence-corrected chi connectivity index (χ1v) is 14.6. The third-order valence-electron chi connectivity index (χ3n) is 3.79. The predicted molar refractivity (Wildman–Crippen MR) is 124 cm³/mol. The fourth-order valence-corrected chi connectivity index (χ4v) is 3.81. The molecule has 0 aromatic heterocycles. The minimum atomic E-state index is -1.52. The highest BCUT2D eigenvalue weighted by Crippen LogP contribution is 2.33. The molecule has 1 unspecified atom stereocenters. The van der Waals surface area contributed by atoms with Crippen molar-refractivity contribution in [1.29, 1.82) is 0 Å². The third-order valence-corrected chi connectivity index (χ3v) is 5.71. The van der Waals surface area contributed by atoms with Crippen LogP contribution in [-0.2, 0) is 33.0 Å². The van der Waals surface area contributed by atoms with Gasteiger partial charge in [-0.05, 0) is 63.3 Å². The Labute approximate surface area is 201 Å². The molecule has 2 aliphatic heterocycles. The van der Waals surface area contributed by atoms with E-state index >= 15 is 0 Å². The highest BCUT2D eigenvalue weighted by atomic mass is 79.9. The maximum Gasteiger partial charge on any atom is 0.325 e. The number of aldehydes is 1. The molecule has 2 heterocycles. The van der Waals surface area contributed by atoms with Crippen molar-refractivity contribution in [3.05, 3.63) is 10.4 Å². The van der Waals surface area contributed by atoms with Gasteiger partial charge in [-0.1, -0.05) is 15.9 Å². The van der Waals surface area contributed by atoms with Crippen LogP contribution in [0.5, 0.6) is 0 Å². The monoisotopic (exact) mass is 592 g/mol. The lowest BCUT2D eigenvalue weighted by atomic mass is 10.0. The molecule has 31 heavy (non-hydrogen) atoms. The summed E-state index contributed by atoms with van der Waals surface area (Å²) in [5.41, 5.74) is 0. The number of carbonyl (C=O) groups excluding carboxylic acids is 2. The molecular formula is C19H34Br2O9Si. The normalized spacial score (nSPS) is 30.1. The molecule has 12 heteroatoms. The van der Waals surface area contributed by atoms with Crippen molar-refractivity contribution >= 4 is 52.4 Å². The number of rotatable bonds is 5. The number of esters is 1. The van der Waals surface area contributed by atoms with Crippen LogP contribution in [0, 0.1) is 0 Å². The van der Waals surface area contributed by atoms with Crippen LogP contribution in [0.1, 0.15) is 27.7 Å². The van der Waals surface area contributed by atoms with E-state index in [-0.39, 0.29) is 12.7 Å². The standard InChI is InChI=1S/C7H15BrO2Si.C6H9BrO4.C6H10O3/c1-6(8)7(9-2)10-11(3,4)5;1-6(7)4(9)3(2-8)11-5(6)10;1-6(2)8-4-5(3-7)9-6/h1-5H3;3-4,8-9H,2H2,1H3;3,5H,4H2,1-2H3/t;3-,4-,6?;5-/m.10/s1. The van der Waals surface area contributed by atoms with Crippen LogP contribution in [-0.4, -0.2) is 79.5 Å². The van der Waals surface area contributed by atoms with Gasteiger partial charge < -0.3 is 38.4 Å². The lowest BCUT2D eigenvalue weighted by molar-refractivity contribution is -0.145. The van der Waals surface area contributed by atoms with Crippen molar-refractivity contribution < 1.29 is 43.2 Å². The minimum absolute atomic E-state index is 0.353. The van der Waals surface area contributed by atoms with Crippen molar-refractivity contribution in [1.82, 2.24) is 0 Å². The van der Waals surface area contributed by atoms with Crippen LogP contribution in [0.25, 0.3) is 0 Å². The lowest BCUT2D eigenvalue weighted by Crippen LogP contribution is -2.38. The first-order valence-electron chi connectivity index (χ1n) is 9.56. The predicted octanol–water partition coefficient (Wildman–Crippen LogP) is 2.82. The first kappa shape index (κ1) is 30.5. The molecule has 2 N–H and O–H groups in total. The summed E-state index contributed by atoms with van der Waals surface area (Å²) in [5.74, 6) is -0.501.